The van der Waals surface area contributed by atoms with Gasteiger partial charge in [-0.2, -0.15) is 5.10 Å². The summed E-state index contributed by atoms with van der Waals surface area (Å²) >= 11 is 1.62. The molecule has 94 valence electrons. The molecule has 0 aliphatic rings. The number of carbonyl (C=O) groups is 1. The maximum absolute atomic E-state index is 11.7. The topological polar surface area (TPSA) is 57.8 Å². The van der Waals surface area contributed by atoms with Gasteiger partial charge in [-0.05, 0) is 36.4 Å². The average molecular weight is 261 g/mol. The molecule has 0 unspecified atom stereocenters. The van der Waals surface area contributed by atoms with Crippen LogP contribution in [0.4, 0.5) is 5.82 Å². The third-order valence-corrected chi connectivity index (χ3v) is 3.54. The molecule has 2 aromatic heterocycles. The van der Waals surface area contributed by atoms with E-state index in [-0.39, 0.29) is 5.91 Å². The quantitative estimate of drug-likeness (QED) is 0.831. The first-order valence-corrected chi connectivity index (χ1v) is 6.64. The predicted molar refractivity (Wildman–Crippen MR) is 74.7 cm³/mol. The van der Waals surface area contributed by atoms with Gasteiger partial charge in [-0.15, -0.1) is 11.3 Å². The SMILES string of the molecule is CCc1cc(NC(=O)/C=C/c2sccc2C)n[nH]1. The fraction of sp³-hybridized carbons (Fsp3) is 0.231. The first kappa shape index (κ1) is 12.6. The summed E-state index contributed by atoms with van der Waals surface area (Å²) in [6.45, 7) is 4.05. The van der Waals surface area contributed by atoms with E-state index in [0.29, 0.717) is 5.82 Å². The second-order valence-corrected chi connectivity index (χ2v) is 4.87. The van der Waals surface area contributed by atoms with Crippen LogP contribution >= 0.6 is 11.3 Å². The number of H-pyrrole nitrogens is 1. The number of nitrogens with zero attached hydrogens (tertiary/aromatic N) is 1. The van der Waals surface area contributed by atoms with Crippen molar-refractivity contribution in [2.75, 3.05) is 5.32 Å². The Labute approximate surface area is 110 Å². The van der Waals surface area contributed by atoms with E-state index in [0.717, 1.165) is 17.0 Å². The summed E-state index contributed by atoms with van der Waals surface area (Å²) in [7, 11) is 0. The van der Waals surface area contributed by atoms with Crippen molar-refractivity contribution < 1.29 is 4.79 Å². The Morgan fingerprint density at radius 2 is 2.44 bits per heavy atom. The molecule has 0 fully saturated rings. The number of carbonyl (C=O) groups excluding carboxylic acids is 1. The minimum atomic E-state index is -0.169. The van der Waals surface area contributed by atoms with Crippen molar-refractivity contribution in [3.8, 4) is 0 Å². The molecule has 18 heavy (non-hydrogen) atoms. The molecule has 0 saturated heterocycles. The van der Waals surface area contributed by atoms with Gasteiger partial charge in [0.1, 0.15) is 0 Å². The normalized spacial score (nSPS) is 11.0. The van der Waals surface area contributed by atoms with Crippen molar-refractivity contribution in [1.29, 1.82) is 0 Å². The van der Waals surface area contributed by atoms with Crippen LogP contribution in [0.2, 0.25) is 0 Å². The molecule has 0 aliphatic carbocycles. The van der Waals surface area contributed by atoms with Crippen molar-refractivity contribution >= 4 is 29.1 Å². The molecule has 0 aliphatic heterocycles. The first-order chi connectivity index (χ1) is 8.69. The minimum absolute atomic E-state index is 0.169. The summed E-state index contributed by atoms with van der Waals surface area (Å²) < 4.78 is 0. The van der Waals surface area contributed by atoms with Crippen molar-refractivity contribution in [1.82, 2.24) is 10.2 Å². The molecular weight excluding hydrogens is 246 g/mol. The van der Waals surface area contributed by atoms with Crippen molar-refractivity contribution in [3.05, 3.63) is 39.7 Å². The molecule has 2 aromatic rings. The summed E-state index contributed by atoms with van der Waals surface area (Å²) in [6.07, 6.45) is 4.22. The van der Waals surface area contributed by atoms with Gasteiger partial charge in [-0.1, -0.05) is 6.92 Å². The van der Waals surface area contributed by atoms with E-state index in [1.54, 1.807) is 11.3 Å². The lowest BCUT2D eigenvalue weighted by atomic mass is 10.3. The highest BCUT2D eigenvalue weighted by Crippen LogP contribution is 2.17. The fourth-order valence-electron chi connectivity index (χ4n) is 1.48. The second kappa shape index (κ2) is 5.64. The van der Waals surface area contributed by atoms with Crippen molar-refractivity contribution in [3.63, 3.8) is 0 Å². The lowest BCUT2D eigenvalue weighted by molar-refractivity contribution is -0.111. The van der Waals surface area contributed by atoms with Crippen LogP contribution in [0.1, 0.15) is 23.1 Å². The number of hydrogen-bond donors (Lipinski definition) is 2. The van der Waals surface area contributed by atoms with E-state index >= 15 is 0 Å². The van der Waals surface area contributed by atoms with Gasteiger partial charge in [0.05, 0.1) is 0 Å². The summed E-state index contributed by atoms with van der Waals surface area (Å²) in [5, 5.41) is 11.6. The van der Waals surface area contributed by atoms with E-state index in [4.69, 9.17) is 0 Å². The van der Waals surface area contributed by atoms with Crippen LogP contribution in [0.25, 0.3) is 6.08 Å². The highest BCUT2D eigenvalue weighted by atomic mass is 32.1. The van der Waals surface area contributed by atoms with E-state index in [1.807, 2.05) is 37.4 Å². The van der Waals surface area contributed by atoms with Crippen LogP contribution in [-0.2, 0) is 11.2 Å². The highest BCUT2D eigenvalue weighted by molar-refractivity contribution is 7.11. The largest absolute Gasteiger partial charge is 0.306 e. The smallest absolute Gasteiger partial charge is 0.249 e. The number of nitrogens with one attached hydrogen (secondary N) is 2. The van der Waals surface area contributed by atoms with Gasteiger partial charge in [0.2, 0.25) is 5.91 Å². The molecule has 2 N–H and O–H groups in total. The van der Waals surface area contributed by atoms with Crippen LogP contribution in [-0.4, -0.2) is 16.1 Å². The standard InChI is InChI=1S/C13H15N3OS/c1-3-10-8-12(16-15-10)14-13(17)5-4-11-9(2)6-7-18-11/h4-8H,3H2,1-2H3,(H2,14,15,16,17)/b5-4+. The lowest BCUT2D eigenvalue weighted by Gasteiger charge is -1.95. The minimum Gasteiger partial charge on any atom is -0.306 e. The summed E-state index contributed by atoms with van der Waals surface area (Å²) in [5.74, 6) is 0.390. The molecule has 0 aromatic carbocycles. The average Bonchev–Trinajstić information content (AvgIpc) is 2.96. The maximum atomic E-state index is 11.7. The number of rotatable bonds is 4. The van der Waals surface area contributed by atoms with Gasteiger partial charge < -0.3 is 5.32 Å². The second-order valence-electron chi connectivity index (χ2n) is 3.92. The Balaban J connectivity index is 1.96. The Kier molecular flexibility index (Phi) is 3.94. The molecule has 4 nitrogen and oxygen atoms in total. The number of thiophene rings is 1. The first-order valence-electron chi connectivity index (χ1n) is 5.76. The van der Waals surface area contributed by atoms with Crippen LogP contribution in [0.3, 0.4) is 0 Å². The zero-order valence-electron chi connectivity index (χ0n) is 10.4. The van der Waals surface area contributed by atoms with Gasteiger partial charge in [0, 0.05) is 22.7 Å². The maximum Gasteiger partial charge on any atom is 0.249 e. The Morgan fingerprint density at radius 1 is 1.61 bits per heavy atom. The number of hydrogen-bond acceptors (Lipinski definition) is 3. The molecular formula is C13H15N3OS. The fourth-order valence-corrected chi connectivity index (χ4v) is 2.30. The molecule has 2 rings (SSSR count). The zero-order chi connectivity index (χ0) is 13.0. The summed E-state index contributed by atoms with van der Waals surface area (Å²) in [4.78, 5) is 12.8. The number of aryl methyl sites for hydroxylation is 2. The number of aromatic amines is 1. The molecule has 1 amide bonds. The lowest BCUT2D eigenvalue weighted by Crippen LogP contribution is -2.07. The molecule has 5 heteroatoms. The third kappa shape index (κ3) is 3.07. The van der Waals surface area contributed by atoms with E-state index in [1.165, 1.54) is 11.6 Å². The highest BCUT2D eigenvalue weighted by Gasteiger charge is 2.02. The molecule has 0 bridgehead atoms. The summed E-state index contributed by atoms with van der Waals surface area (Å²) in [6, 6.07) is 3.87. The number of anilines is 1. The van der Waals surface area contributed by atoms with E-state index in [2.05, 4.69) is 15.5 Å². The Hall–Kier alpha value is -1.88. The molecule has 0 saturated carbocycles. The third-order valence-electron chi connectivity index (χ3n) is 2.55. The van der Waals surface area contributed by atoms with Gasteiger partial charge in [-0.25, -0.2) is 0 Å². The van der Waals surface area contributed by atoms with Crippen LogP contribution in [0, 0.1) is 6.92 Å². The van der Waals surface area contributed by atoms with Crippen LogP contribution in [0.5, 0.6) is 0 Å². The zero-order valence-corrected chi connectivity index (χ0v) is 11.2. The number of amides is 1. The van der Waals surface area contributed by atoms with E-state index < -0.39 is 0 Å². The molecule has 0 radical (unpaired) electrons. The number of aromatic nitrogens is 2. The molecule has 2 heterocycles. The summed E-state index contributed by atoms with van der Waals surface area (Å²) in [5.41, 5.74) is 2.18. The van der Waals surface area contributed by atoms with Gasteiger partial charge in [-0.3, -0.25) is 9.89 Å². The Bertz CT molecular complexity index is 568. The van der Waals surface area contributed by atoms with Crippen LogP contribution < -0.4 is 5.32 Å². The van der Waals surface area contributed by atoms with Crippen LogP contribution in [0.15, 0.2) is 23.6 Å². The van der Waals surface area contributed by atoms with Gasteiger partial charge in [0.15, 0.2) is 5.82 Å². The van der Waals surface area contributed by atoms with Gasteiger partial charge >= 0.3 is 0 Å². The Morgan fingerprint density at radius 3 is 3.06 bits per heavy atom. The van der Waals surface area contributed by atoms with Crippen molar-refractivity contribution in [2.24, 2.45) is 0 Å². The van der Waals surface area contributed by atoms with Gasteiger partial charge in [0.25, 0.3) is 0 Å². The molecule has 0 spiro atoms. The monoisotopic (exact) mass is 261 g/mol. The van der Waals surface area contributed by atoms with E-state index in [9.17, 15) is 4.79 Å². The molecule has 0 atom stereocenters. The predicted octanol–water partition coefficient (Wildman–Crippen LogP) is 2.99. The van der Waals surface area contributed by atoms with Crippen molar-refractivity contribution in [2.45, 2.75) is 20.3 Å².